The molecule has 6 rings (SSSR count). The second-order valence-corrected chi connectivity index (χ2v) is 14.7. The Balaban J connectivity index is 1.22. The van der Waals surface area contributed by atoms with Gasteiger partial charge in [0.05, 0.1) is 27.0 Å². The average molecular weight is 723 g/mol. The summed E-state index contributed by atoms with van der Waals surface area (Å²) in [7, 11) is 0. The van der Waals surface area contributed by atoms with E-state index in [-0.39, 0.29) is 48.9 Å². The lowest BCUT2D eigenvalue weighted by molar-refractivity contribution is -0.137. The van der Waals surface area contributed by atoms with Gasteiger partial charge in [-0.15, -0.1) is 11.8 Å². The van der Waals surface area contributed by atoms with Gasteiger partial charge in [0, 0.05) is 70.0 Å². The molecule has 0 aliphatic carbocycles. The van der Waals surface area contributed by atoms with Gasteiger partial charge in [-0.1, -0.05) is 41.9 Å². The molecule has 4 heterocycles. The summed E-state index contributed by atoms with van der Waals surface area (Å²) in [6.45, 7) is 8.85. The first-order valence-corrected chi connectivity index (χ1v) is 17.5. The van der Waals surface area contributed by atoms with Crippen LogP contribution in [0.1, 0.15) is 37.9 Å². The average Bonchev–Trinajstić information content (AvgIpc) is 3.06. The smallest absolute Gasteiger partial charge is 0.417 e. The molecule has 3 aromatic rings. The van der Waals surface area contributed by atoms with Crippen LogP contribution in [0.3, 0.4) is 0 Å². The van der Waals surface area contributed by atoms with Gasteiger partial charge in [0.15, 0.2) is 0 Å². The second kappa shape index (κ2) is 13.9. The molecule has 0 radical (unpaired) electrons. The highest BCUT2D eigenvalue weighted by molar-refractivity contribution is 7.99. The van der Waals surface area contributed by atoms with Crippen molar-refractivity contribution in [2.45, 2.75) is 50.1 Å². The van der Waals surface area contributed by atoms with Gasteiger partial charge >= 0.3 is 24.1 Å². The number of nitrogens with zero attached hydrogens (tertiary/aromatic N) is 6. The van der Waals surface area contributed by atoms with E-state index in [0.29, 0.717) is 44.0 Å². The molecule has 0 bridgehead atoms. The fourth-order valence-corrected chi connectivity index (χ4v) is 7.90. The Bertz CT molecular complexity index is 1770. The van der Waals surface area contributed by atoms with Crippen molar-refractivity contribution in [3.05, 3.63) is 63.0 Å². The zero-order chi connectivity index (χ0) is 35.1. The van der Waals surface area contributed by atoms with Crippen molar-refractivity contribution in [3.63, 3.8) is 0 Å². The van der Waals surface area contributed by atoms with Crippen LogP contribution in [0.25, 0.3) is 10.9 Å². The van der Waals surface area contributed by atoms with Gasteiger partial charge in [-0.25, -0.2) is 14.4 Å². The Labute approximate surface area is 290 Å². The maximum Gasteiger partial charge on any atom is 0.417 e. The number of hydrogen-bond donors (Lipinski definition) is 0. The van der Waals surface area contributed by atoms with E-state index in [9.17, 15) is 27.6 Å². The van der Waals surface area contributed by atoms with Gasteiger partial charge in [-0.2, -0.15) is 18.2 Å². The van der Waals surface area contributed by atoms with E-state index < -0.39 is 46.3 Å². The zero-order valence-corrected chi connectivity index (χ0v) is 29.0. The number of halogens is 4. The van der Waals surface area contributed by atoms with Crippen LogP contribution in [-0.4, -0.2) is 107 Å². The van der Waals surface area contributed by atoms with Crippen molar-refractivity contribution < 1.29 is 32.2 Å². The van der Waals surface area contributed by atoms with Crippen LogP contribution in [0.15, 0.2) is 46.1 Å². The highest BCUT2D eigenvalue weighted by atomic mass is 35.5. The van der Waals surface area contributed by atoms with Crippen molar-refractivity contribution in [1.29, 1.82) is 0 Å². The molecule has 264 valence electrons. The number of hydrogen-bond acceptors (Lipinski definition) is 9. The summed E-state index contributed by atoms with van der Waals surface area (Å²) in [5.74, 6) is 0.449. The fraction of sp³-hybridized carbons (Fsp3) is 0.515. The molecule has 2 saturated heterocycles. The lowest BCUT2D eigenvalue weighted by atomic mass is 10.1. The van der Waals surface area contributed by atoms with E-state index in [4.69, 9.17) is 21.1 Å². The predicted octanol–water partition coefficient (Wildman–Crippen LogP) is 5.73. The number of aromatic nitrogens is 2. The largest absolute Gasteiger partial charge is 0.445 e. The number of amides is 2. The van der Waals surface area contributed by atoms with Gasteiger partial charge in [0.25, 0.3) is 0 Å². The molecule has 2 aromatic carbocycles. The number of carbonyl (C=O) groups is 2. The van der Waals surface area contributed by atoms with E-state index in [1.54, 1.807) is 30.6 Å². The third-order valence-electron chi connectivity index (χ3n) is 8.71. The number of ether oxygens (including phenoxy) is 2. The minimum absolute atomic E-state index is 0.132. The molecule has 16 heteroatoms. The summed E-state index contributed by atoms with van der Waals surface area (Å²) in [6.07, 6.45) is -5.60. The molecule has 0 N–H and O–H groups in total. The standard InChI is InChI=1S/C33H38ClF3N6O5S/c1-32(2,3)48-31(46)42-15-13-40(14-16-42)28-23-17-24(33(35,36)37)25(34)27-26(23)43(29(44)38-28)22(20-49-27)18-39-9-11-41(12-10-39)30(45)47-19-21-7-5-4-6-8-21/h4-8,17,22H,9-16,18-20H2,1-3H3/t22-/m0/s1. The molecule has 0 saturated carbocycles. The summed E-state index contributed by atoms with van der Waals surface area (Å²) in [6, 6.07) is 10.0. The van der Waals surface area contributed by atoms with Gasteiger partial charge in [-0.3, -0.25) is 9.47 Å². The maximum absolute atomic E-state index is 14.3. The summed E-state index contributed by atoms with van der Waals surface area (Å²) in [5.41, 5.74) is -1.02. The van der Waals surface area contributed by atoms with E-state index >= 15 is 0 Å². The Morgan fingerprint density at radius 1 is 0.959 bits per heavy atom. The minimum atomic E-state index is -4.73. The van der Waals surface area contributed by atoms with E-state index in [0.717, 1.165) is 11.6 Å². The summed E-state index contributed by atoms with van der Waals surface area (Å²) in [5, 5.41) is -0.258. The van der Waals surface area contributed by atoms with Gasteiger partial charge in [-0.05, 0) is 32.4 Å². The predicted molar refractivity (Wildman–Crippen MR) is 180 cm³/mol. The summed E-state index contributed by atoms with van der Waals surface area (Å²) < 4.78 is 55.2. The normalized spacial score (nSPS) is 18.9. The van der Waals surface area contributed by atoms with Crippen LogP contribution in [0, 0.1) is 0 Å². The minimum Gasteiger partial charge on any atom is -0.445 e. The SMILES string of the molecule is CC(C)(C)OC(=O)N1CCN(c2nc(=O)n3c4c(c(Cl)c(C(F)(F)F)cc24)SC[C@@H]3CN2CCN(C(=O)OCc3ccccc3)CC2)CC1. The number of alkyl halides is 3. The lowest BCUT2D eigenvalue weighted by Crippen LogP contribution is -2.51. The van der Waals surface area contributed by atoms with Crippen molar-refractivity contribution in [2.75, 3.05) is 69.6 Å². The Kier molecular flexibility index (Phi) is 9.97. The van der Waals surface area contributed by atoms with E-state index in [1.165, 1.54) is 21.2 Å². The first-order chi connectivity index (χ1) is 23.2. The van der Waals surface area contributed by atoms with Gasteiger partial charge in [0.1, 0.15) is 18.0 Å². The highest BCUT2D eigenvalue weighted by Crippen LogP contribution is 2.48. The number of piperazine rings is 2. The Hall–Kier alpha value is -3.69. The number of rotatable bonds is 5. The van der Waals surface area contributed by atoms with E-state index in [2.05, 4.69) is 9.88 Å². The van der Waals surface area contributed by atoms with Crippen LogP contribution in [0.2, 0.25) is 5.02 Å². The third kappa shape index (κ3) is 7.73. The van der Waals surface area contributed by atoms with Crippen molar-refractivity contribution in [1.82, 2.24) is 24.3 Å². The highest BCUT2D eigenvalue weighted by Gasteiger charge is 2.39. The lowest BCUT2D eigenvalue weighted by Gasteiger charge is -2.39. The number of anilines is 1. The van der Waals surface area contributed by atoms with Crippen LogP contribution in [-0.2, 0) is 22.3 Å². The molecule has 2 amide bonds. The molecule has 1 atom stereocenters. The van der Waals surface area contributed by atoms with Crippen LogP contribution in [0.5, 0.6) is 0 Å². The first kappa shape index (κ1) is 35.1. The number of carbonyl (C=O) groups excluding carboxylic acids is 2. The molecular weight excluding hydrogens is 685 g/mol. The summed E-state index contributed by atoms with van der Waals surface area (Å²) in [4.78, 5) is 50.7. The van der Waals surface area contributed by atoms with Crippen molar-refractivity contribution >= 4 is 52.3 Å². The molecule has 1 aromatic heterocycles. The maximum atomic E-state index is 14.3. The molecule has 2 fully saturated rings. The van der Waals surface area contributed by atoms with Gasteiger partial charge < -0.3 is 24.2 Å². The molecular formula is C33H38ClF3N6O5S. The van der Waals surface area contributed by atoms with Crippen LogP contribution >= 0.6 is 23.4 Å². The molecule has 49 heavy (non-hydrogen) atoms. The topological polar surface area (TPSA) is 100 Å². The Morgan fingerprint density at radius 3 is 2.22 bits per heavy atom. The summed E-state index contributed by atoms with van der Waals surface area (Å²) >= 11 is 7.62. The first-order valence-electron chi connectivity index (χ1n) is 16.1. The van der Waals surface area contributed by atoms with E-state index in [1.807, 2.05) is 30.3 Å². The molecule has 0 unspecified atom stereocenters. The zero-order valence-electron chi connectivity index (χ0n) is 27.5. The van der Waals surface area contributed by atoms with Crippen LogP contribution < -0.4 is 10.6 Å². The Morgan fingerprint density at radius 2 is 1.59 bits per heavy atom. The third-order valence-corrected chi connectivity index (χ3v) is 10.5. The van der Waals surface area contributed by atoms with Crippen LogP contribution in [0.4, 0.5) is 28.6 Å². The fourth-order valence-electron chi connectivity index (χ4n) is 6.29. The molecule has 0 spiro atoms. The molecule has 11 nitrogen and oxygen atoms in total. The quantitative estimate of drug-likeness (QED) is 0.327. The van der Waals surface area contributed by atoms with Crippen molar-refractivity contribution in [2.24, 2.45) is 0 Å². The van der Waals surface area contributed by atoms with Crippen molar-refractivity contribution in [3.8, 4) is 0 Å². The molecule has 3 aliphatic rings. The monoisotopic (exact) mass is 722 g/mol. The molecule has 3 aliphatic heterocycles. The second-order valence-electron chi connectivity index (χ2n) is 13.3. The number of thioether (sulfide) groups is 1. The van der Waals surface area contributed by atoms with Gasteiger partial charge in [0.2, 0.25) is 0 Å². The number of benzene rings is 2.